The van der Waals surface area contributed by atoms with Crippen molar-refractivity contribution in [1.29, 1.82) is 0 Å². The largest absolute Gasteiger partial charge is 0.379 e. The molecule has 1 fully saturated rings. The van der Waals surface area contributed by atoms with Gasteiger partial charge in [-0.15, -0.1) is 10.2 Å². The van der Waals surface area contributed by atoms with E-state index in [1.54, 1.807) is 19.1 Å². The highest BCUT2D eigenvalue weighted by molar-refractivity contribution is 8.02. The molecule has 1 atom stereocenters. The fraction of sp³-hybridized carbons (Fsp3) is 0.348. The Morgan fingerprint density at radius 1 is 1.09 bits per heavy atom. The van der Waals surface area contributed by atoms with Crippen LogP contribution in [0.1, 0.15) is 18.1 Å². The predicted molar refractivity (Wildman–Crippen MR) is 139 cm³/mol. The summed E-state index contributed by atoms with van der Waals surface area (Å²) < 4.78 is 33.1. The molecule has 2 heterocycles. The number of carbonyl (C=O) groups excluding carboxylic acids is 1. The average molecular weight is 534 g/mol. The van der Waals surface area contributed by atoms with Crippen LogP contribution >= 0.6 is 23.1 Å². The maximum atomic E-state index is 12.9. The number of rotatable bonds is 8. The Labute approximate surface area is 213 Å². The van der Waals surface area contributed by atoms with E-state index in [-0.39, 0.29) is 10.8 Å². The van der Waals surface area contributed by atoms with E-state index < -0.39 is 15.3 Å². The standard InChI is InChI=1S/C23H27N5O4S3/c1-15-7-8-19(13-16(15)2)25-22-26-27-23(34-22)33-17(3)21(29)24-18-5-4-6-20(14-18)35(30,31)28-9-11-32-12-10-28/h4-8,13-14,17H,9-12H2,1-3H3,(H,24,29)(H,25,26)/t17-/m0/s1. The number of morpholine rings is 1. The molecule has 35 heavy (non-hydrogen) atoms. The number of nitrogens with zero attached hydrogens (tertiary/aromatic N) is 3. The minimum atomic E-state index is -3.64. The van der Waals surface area contributed by atoms with Crippen molar-refractivity contribution >= 4 is 55.5 Å². The summed E-state index contributed by atoms with van der Waals surface area (Å²) in [4.78, 5) is 12.9. The van der Waals surface area contributed by atoms with E-state index in [1.807, 2.05) is 18.2 Å². The number of anilines is 3. The van der Waals surface area contributed by atoms with Crippen molar-refractivity contribution in [2.75, 3.05) is 36.9 Å². The number of hydrogen-bond donors (Lipinski definition) is 2. The van der Waals surface area contributed by atoms with Crippen LogP contribution in [0.3, 0.4) is 0 Å². The number of benzene rings is 2. The van der Waals surface area contributed by atoms with Gasteiger partial charge >= 0.3 is 0 Å². The first kappa shape index (κ1) is 25.6. The summed E-state index contributed by atoms with van der Waals surface area (Å²) in [5, 5.41) is 14.6. The highest BCUT2D eigenvalue weighted by atomic mass is 32.2. The Bertz CT molecular complexity index is 1310. The summed E-state index contributed by atoms with van der Waals surface area (Å²) in [6.07, 6.45) is 0. The molecule has 4 rings (SSSR count). The zero-order valence-corrected chi connectivity index (χ0v) is 22.1. The van der Waals surface area contributed by atoms with Gasteiger partial charge < -0.3 is 15.4 Å². The second-order valence-electron chi connectivity index (χ2n) is 8.09. The Morgan fingerprint density at radius 2 is 1.86 bits per heavy atom. The monoisotopic (exact) mass is 533 g/mol. The Hall–Kier alpha value is -2.51. The van der Waals surface area contributed by atoms with Crippen molar-refractivity contribution in [1.82, 2.24) is 14.5 Å². The minimum absolute atomic E-state index is 0.142. The number of hydrogen-bond acceptors (Lipinski definition) is 9. The lowest BCUT2D eigenvalue weighted by Crippen LogP contribution is -2.40. The van der Waals surface area contributed by atoms with Gasteiger partial charge in [0.15, 0.2) is 4.34 Å². The van der Waals surface area contributed by atoms with Crippen LogP contribution in [0.15, 0.2) is 51.7 Å². The summed E-state index contributed by atoms with van der Waals surface area (Å²) in [5.74, 6) is -0.255. The lowest BCUT2D eigenvalue weighted by atomic mass is 10.1. The van der Waals surface area contributed by atoms with Crippen LogP contribution in [0, 0.1) is 13.8 Å². The molecule has 0 saturated carbocycles. The molecule has 0 aliphatic carbocycles. The molecule has 3 aromatic rings. The van der Waals surface area contributed by atoms with E-state index >= 15 is 0 Å². The number of aromatic nitrogens is 2. The maximum Gasteiger partial charge on any atom is 0.243 e. The number of carbonyl (C=O) groups is 1. The molecule has 0 spiro atoms. The molecule has 1 saturated heterocycles. The first-order chi connectivity index (χ1) is 16.7. The van der Waals surface area contributed by atoms with Crippen molar-refractivity contribution < 1.29 is 17.9 Å². The number of ether oxygens (including phenoxy) is 1. The fourth-order valence-electron chi connectivity index (χ4n) is 3.37. The van der Waals surface area contributed by atoms with E-state index in [1.165, 1.54) is 50.7 Å². The average Bonchev–Trinajstić information content (AvgIpc) is 3.28. The first-order valence-electron chi connectivity index (χ1n) is 11.1. The molecular weight excluding hydrogens is 506 g/mol. The van der Waals surface area contributed by atoms with Gasteiger partial charge in [-0.05, 0) is 62.2 Å². The van der Waals surface area contributed by atoms with Crippen LogP contribution in [0.2, 0.25) is 0 Å². The molecule has 9 nitrogen and oxygen atoms in total. The summed E-state index contributed by atoms with van der Waals surface area (Å²) in [6.45, 7) is 7.26. The topological polar surface area (TPSA) is 114 Å². The molecule has 0 bridgehead atoms. The fourth-order valence-corrected chi connectivity index (χ4v) is 6.74. The van der Waals surface area contributed by atoms with E-state index in [0.29, 0.717) is 41.5 Å². The van der Waals surface area contributed by atoms with Crippen molar-refractivity contribution in [2.24, 2.45) is 0 Å². The van der Waals surface area contributed by atoms with Gasteiger partial charge in [0.2, 0.25) is 21.1 Å². The summed E-state index contributed by atoms with van der Waals surface area (Å²) >= 11 is 2.66. The third-order valence-corrected chi connectivity index (χ3v) is 9.44. The van der Waals surface area contributed by atoms with Crippen molar-refractivity contribution in [3.8, 4) is 0 Å². The van der Waals surface area contributed by atoms with E-state index in [2.05, 4.69) is 34.7 Å². The first-order valence-corrected chi connectivity index (χ1v) is 14.2. The molecule has 1 aliphatic rings. The smallest absolute Gasteiger partial charge is 0.243 e. The van der Waals surface area contributed by atoms with Gasteiger partial charge in [0.25, 0.3) is 0 Å². The molecular formula is C23H27N5O4S3. The third-order valence-electron chi connectivity index (χ3n) is 5.52. The number of aryl methyl sites for hydroxylation is 2. The second-order valence-corrected chi connectivity index (χ2v) is 12.6. The summed E-state index contributed by atoms with van der Waals surface area (Å²) in [6, 6.07) is 12.4. The van der Waals surface area contributed by atoms with E-state index in [9.17, 15) is 13.2 Å². The SMILES string of the molecule is Cc1ccc(Nc2nnc(S[C@@H](C)C(=O)Nc3cccc(S(=O)(=O)N4CCOCC4)c3)s2)cc1C. The number of thioether (sulfide) groups is 1. The van der Waals surface area contributed by atoms with Crippen molar-refractivity contribution in [3.63, 3.8) is 0 Å². The van der Waals surface area contributed by atoms with Crippen LogP contribution < -0.4 is 10.6 Å². The quantitative estimate of drug-likeness (QED) is 0.417. The van der Waals surface area contributed by atoms with Gasteiger partial charge in [-0.25, -0.2) is 8.42 Å². The van der Waals surface area contributed by atoms with Crippen LogP contribution in [0.25, 0.3) is 0 Å². The molecule has 12 heteroatoms. The molecule has 1 amide bonds. The van der Waals surface area contributed by atoms with Crippen molar-refractivity contribution in [3.05, 3.63) is 53.6 Å². The molecule has 0 radical (unpaired) electrons. The Kier molecular flexibility index (Phi) is 8.07. The summed E-state index contributed by atoms with van der Waals surface area (Å²) in [5.41, 5.74) is 3.75. The van der Waals surface area contributed by atoms with Gasteiger partial charge in [0.1, 0.15) is 0 Å². The minimum Gasteiger partial charge on any atom is -0.379 e. The van der Waals surface area contributed by atoms with Gasteiger partial charge in [-0.2, -0.15) is 4.31 Å². The number of amides is 1. The molecule has 2 N–H and O–H groups in total. The second kappa shape index (κ2) is 11.0. The van der Waals surface area contributed by atoms with Gasteiger partial charge in [-0.1, -0.05) is 35.2 Å². The molecule has 186 valence electrons. The highest BCUT2D eigenvalue weighted by Gasteiger charge is 2.27. The van der Waals surface area contributed by atoms with Crippen molar-refractivity contribution in [2.45, 2.75) is 35.3 Å². The highest BCUT2D eigenvalue weighted by Crippen LogP contribution is 2.31. The molecule has 2 aromatic carbocycles. The lowest BCUT2D eigenvalue weighted by molar-refractivity contribution is -0.115. The molecule has 1 aliphatic heterocycles. The zero-order valence-electron chi connectivity index (χ0n) is 19.6. The van der Waals surface area contributed by atoms with Crippen LogP contribution in [-0.2, 0) is 19.6 Å². The Morgan fingerprint density at radius 3 is 2.60 bits per heavy atom. The lowest BCUT2D eigenvalue weighted by Gasteiger charge is -2.26. The maximum absolute atomic E-state index is 12.9. The normalized spacial score (nSPS) is 15.5. The summed E-state index contributed by atoms with van der Waals surface area (Å²) in [7, 11) is -3.64. The Balaban J connectivity index is 1.36. The predicted octanol–water partition coefficient (Wildman–Crippen LogP) is 4.04. The number of sulfonamides is 1. The van der Waals surface area contributed by atoms with Gasteiger partial charge in [0.05, 0.1) is 23.4 Å². The van der Waals surface area contributed by atoms with Gasteiger partial charge in [0, 0.05) is 24.5 Å². The van der Waals surface area contributed by atoms with E-state index in [4.69, 9.17) is 4.74 Å². The third kappa shape index (κ3) is 6.39. The van der Waals surface area contributed by atoms with Crippen LogP contribution in [0.5, 0.6) is 0 Å². The molecule has 0 unspecified atom stereocenters. The van der Waals surface area contributed by atoms with Crippen LogP contribution in [-0.4, -0.2) is 60.4 Å². The molecule has 1 aromatic heterocycles. The van der Waals surface area contributed by atoms with Crippen LogP contribution in [0.4, 0.5) is 16.5 Å². The number of nitrogens with one attached hydrogen (secondary N) is 2. The van der Waals surface area contributed by atoms with E-state index in [0.717, 1.165) is 5.69 Å². The van der Waals surface area contributed by atoms with Gasteiger partial charge in [-0.3, -0.25) is 4.79 Å². The zero-order chi connectivity index (χ0) is 25.0.